The first kappa shape index (κ1) is 18.0. The molecule has 5 heteroatoms. The molecule has 26 heavy (non-hydrogen) atoms. The summed E-state index contributed by atoms with van der Waals surface area (Å²) in [6.45, 7) is 3.11. The summed E-state index contributed by atoms with van der Waals surface area (Å²) in [4.78, 5) is 14.8. The SMILES string of the molecule is N#Cc1ccc(OCCN2CCC[C@H](C(=O)Nc3ccccc3)C2)cc1. The number of nitrogens with one attached hydrogen (secondary N) is 1. The Hall–Kier alpha value is -2.84. The molecule has 1 saturated heterocycles. The van der Waals surface area contributed by atoms with Crippen LogP contribution >= 0.6 is 0 Å². The minimum atomic E-state index is 0.0128. The van der Waals surface area contributed by atoms with Crippen LogP contribution in [0.4, 0.5) is 5.69 Å². The number of hydrogen-bond donors (Lipinski definition) is 1. The monoisotopic (exact) mass is 349 g/mol. The number of anilines is 1. The zero-order valence-corrected chi connectivity index (χ0v) is 14.7. The minimum Gasteiger partial charge on any atom is -0.492 e. The number of carbonyl (C=O) groups is 1. The van der Waals surface area contributed by atoms with Crippen molar-refractivity contribution in [2.45, 2.75) is 12.8 Å². The van der Waals surface area contributed by atoms with Crippen molar-refractivity contribution < 1.29 is 9.53 Å². The normalized spacial score (nSPS) is 17.3. The first-order valence-corrected chi connectivity index (χ1v) is 8.96. The second kappa shape index (κ2) is 9.02. The molecule has 1 amide bonds. The Bertz CT molecular complexity index is 753. The van der Waals surface area contributed by atoms with Crippen molar-refractivity contribution in [2.24, 2.45) is 5.92 Å². The summed E-state index contributed by atoms with van der Waals surface area (Å²) in [5.74, 6) is 0.868. The van der Waals surface area contributed by atoms with Crippen LogP contribution in [-0.4, -0.2) is 37.0 Å². The second-order valence-electron chi connectivity index (χ2n) is 6.48. The fourth-order valence-electron chi connectivity index (χ4n) is 3.16. The Morgan fingerprint density at radius 2 is 1.96 bits per heavy atom. The van der Waals surface area contributed by atoms with Gasteiger partial charge in [-0.15, -0.1) is 0 Å². The van der Waals surface area contributed by atoms with Gasteiger partial charge in [-0.1, -0.05) is 18.2 Å². The third-order valence-electron chi connectivity index (χ3n) is 4.58. The van der Waals surface area contributed by atoms with E-state index in [-0.39, 0.29) is 11.8 Å². The van der Waals surface area contributed by atoms with Crippen LogP contribution in [0, 0.1) is 17.2 Å². The van der Waals surface area contributed by atoms with Gasteiger partial charge in [-0.05, 0) is 55.8 Å². The Labute approximate surface area is 154 Å². The summed E-state index contributed by atoms with van der Waals surface area (Å²) in [6.07, 6.45) is 1.94. The molecule has 134 valence electrons. The summed E-state index contributed by atoms with van der Waals surface area (Å²) >= 11 is 0. The number of benzene rings is 2. The van der Waals surface area contributed by atoms with E-state index in [0.717, 1.165) is 43.9 Å². The Morgan fingerprint density at radius 3 is 2.69 bits per heavy atom. The topological polar surface area (TPSA) is 65.4 Å². The van der Waals surface area contributed by atoms with E-state index < -0.39 is 0 Å². The number of amides is 1. The highest BCUT2D eigenvalue weighted by Gasteiger charge is 2.25. The number of para-hydroxylation sites is 1. The maximum absolute atomic E-state index is 12.5. The molecule has 0 bridgehead atoms. The van der Waals surface area contributed by atoms with E-state index in [1.54, 1.807) is 12.1 Å². The lowest BCUT2D eigenvalue weighted by Crippen LogP contribution is -2.42. The molecule has 2 aromatic rings. The van der Waals surface area contributed by atoms with E-state index in [1.807, 2.05) is 42.5 Å². The number of likely N-dealkylation sites (tertiary alicyclic amines) is 1. The Kier molecular flexibility index (Phi) is 6.24. The lowest BCUT2D eigenvalue weighted by molar-refractivity contribution is -0.121. The smallest absolute Gasteiger partial charge is 0.228 e. The maximum atomic E-state index is 12.5. The van der Waals surface area contributed by atoms with Gasteiger partial charge < -0.3 is 10.1 Å². The van der Waals surface area contributed by atoms with E-state index in [0.29, 0.717) is 12.2 Å². The van der Waals surface area contributed by atoms with Gasteiger partial charge in [0.05, 0.1) is 17.6 Å². The summed E-state index contributed by atoms with van der Waals surface area (Å²) < 4.78 is 5.75. The maximum Gasteiger partial charge on any atom is 0.228 e. The second-order valence-corrected chi connectivity index (χ2v) is 6.48. The molecule has 5 nitrogen and oxygen atoms in total. The third-order valence-corrected chi connectivity index (χ3v) is 4.58. The van der Waals surface area contributed by atoms with Gasteiger partial charge in [-0.2, -0.15) is 5.26 Å². The number of hydrogen-bond acceptors (Lipinski definition) is 4. The van der Waals surface area contributed by atoms with Crippen molar-refractivity contribution in [1.29, 1.82) is 5.26 Å². The van der Waals surface area contributed by atoms with Gasteiger partial charge in [0.15, 0.2) is 0 Å². The quantitative estimate of drug-likeness (QED) is 0.869. The highest BCUT2D eigenvalue weighted by atomic mass is 16.5. The van der Waals surface area contributed by atoms with E-state index in [2.05, 4.69) is 16.3 Å². The van der Waals surface area contributed by atoms with Gasteiger partial charge in [-0.3, -0.25) is 9.69 Å². The molecule has 1 atom stereocenters. The molecule has 3 rings (SSSR count). The zero-order valence-electron chi connectivity index (χ0n) is 14.7. The molecule has 1 heterocycles. The molecule has 1 fully saturated rings. The van der Waals surface area contributed by atoms with Crippen LogP contribution in [-0.2, 0) is 4.79 Å². The minimum absolute atomic E-state index is 0.0128. The predicted molar refractivity (Wildman–Crippen MR) is 101 cm³/mol. The van der Waals surface area contributed by atoms with Gasteiger partial charge in [0.25, 0.3) is 0 Å². The fourth-order valence-corrected chi connectivity index (χ4v) is 3.16. The summed E-state index contributed by atoms with van der Waals surface area (Å²) in [5.41, 5.74) is 1.47. The molecular weight excluding hydrogens is 326 g/mol. The molecule has 0 unspecified atom stereocenters. The standard InChI is InChI=1S/C21H23N3O2/c22-15-17-8-10-20(11-9-17)26-14-13-24-12-4-5-18(16-24)21(25)23-19-6-2-1-3-7-19/h1-3,6-11,18H,4-5,12-14,16H2,(H,23,25)/t18-/m0/s1. The molecule has 1 N–H and O–H groups in total. The summed E-state index contributed by atoms with van der Waals surface area (Å²) in [6, 6.07) is 18.8. The van der Waals surface area contributed by atoms with Gasteiger partial charge in [0, 0.05) is 18.8 Å². The molecule has 0 radical (unpaired) electrons. The van der Waals surface area contributed by atoms with Crippen LogP contribution in [0.15, 0.2) is 54.6 Å². The number of nitrogens with zero attached hydrogens (tertiary/aromatic N) is 2. The number of carbonyl (C=O) groups excluding carboxylic acids is 1. The summed E-state index contributed by atoms with van der Waals surface area (Å²) in [5, 5.41) is 11.8. The molecular formula is C21H23N3O2. The van der Waals surface area contributed by atoms with Crippen molar-refractivity contribution in [3.8, 4) is 11.8 Å². The van der Waals surface area contributed by atoms with Gasteiger partial charge >= 0.3 is 0 Å². The molecule has 1 aliphatic rings. The molecule has 2 aromatic carbocycles. The summed E-state index contributed by atoms with van der Waals surface area (Å²) in [7, 11) is 0. The van der Waals surface area contributed by atoms with Crippen LogP contribution in [0.5, 0.6) is 5.75 Å². The molecule has 0 saturated carbocycles. The Morgan fingerprint density at radius 1 is 1.19 bits per heavy atom. The molecule has 1 aliphatic heterocycles. The third kappa shape index (κ3) is 5.08. The van der Waals surface area contributed by atoms with Gasteiger partial charge in [0.1, 0.15) is 12.4 Å². The predicted octanol–water partition coefficient (Wildman–Crippen LogP) is 3.29. The van der Waals surface area contributed by atoms with Crippen LogP contribution in [0.2, 0.25) is 0 Å². The van der Waals surface area contributed by atoms with Crippen molar-refractivity contribution >= 4 is 11.6 Å². The molecule has 0 aromatic heterocycles. The van der Waals surface area contributed by atoms with Crippen LogP contribution in [0.3, 0.4) is 0 Å². The van der Waals surface area contributed by atoms with E-state index in [1.165, 1.54) is 0 Å². The lowest BCUT2D eigenvalue weighted by atomic mass is 9.97. The van der Waals surface area contributed by atoms with E-state index in [4.69, 9.17) is 10.00 Å². The first-order chi connectivity index (χ1) is 12.7. The molecule has 0 spiro atoms. The fraction of sp³-hybridized carbons (Fsp3) is 0.333. The van der Waals surface area contributed by atoms with Crippen LogP contribution in [0.1, 0.15) is 18.4 Å². The Balaban J connectivity index is 1.44. The average molecular weight is 349 g/mol. The van der Waals surface area contributed by atoms with Crippen molar-refractivity contribution in [3.63, 3.8) is 0 Å². The largest absolute Gasteiger partial charge is 0.492 e. The van der Waals surface area contributed by atoms with Gasteiger partial charge in [-0.25, -0.2) is 0 Å². The number of rotatable bonds is 6. The van der Waals surface area contributed by atoms with Gasteiger partial charge in [0.2, 0.25) is 5.91 Å². The highest BCUT2D eigenvalue weighted by Crippen LogP contribution is 2.19. The van der Waals surface area contributed by atoms with E-state index in [9.17, 15) is 4.79 Å². The number of ether oxygens (including phenoxy) is 1. The lowest BCUT2D eigenvalue weighted by Gasteiger charge is -2.31. The average Bonchev–Trinajstić information content (AvgIpc) is 2.69. The highest BCUT2D eigenvalue weighted by molar-refractivity contribution is 5.92. The van der Waals surface area contributed by atoms with Crippen LogP contribution < -0.4 is 10.1 Å². The number of nitriles is 1. The van der Waals surface area contributed by atoms with Crippen molar-refractivity contribution in [1.82, 2.24) is 4.90 Å². The molecule has 0 aliphatic carbocycles. The van der Waals surface area contributed by atoms with E-state index >= 15 is 0 Å². The van der Waals surface area contributed by atoms with Crippen LogP contribution in [0.25, 0.3) is 0 Å². The number of piperidine rings is 1. The van der Waals surface area contributed by atoms with Crippen molar-refractivity contribution in [3.05, 3.63) is 60.2 Å². The zero-order chi connectivity index (χ0) is 18.2. The first-order valence-electron chi connectivity index (χ1n) is 8.96. The van der Waals surface area contributed by atoms with Crippen molar-refractivity contribution in [2.75, 3.05) is 31.6 Å².